The smallest absolute Gasteiger partial charge is 0.227 e. The van der Waals surface area contributed by atoms with Crippen LogP contribution in [0.1, 0.15) is 30.1 Å². The summed E-state index contributed by atoms with van der Waals surface area (Å²) in [6, 6.07) is 9.56. The summed E-state index contributed by atoms with van der Waals surface area (Å²) < 4.78 is 2.01. The normalized spacial score (nSPS) is 24.7. The topological polar surface area (TPSA) is 40.3 Å². The van der Waals surface area contributed by atoms with E-state index in [9.17, 15) is 9.90 Å². The first-order valence-corrected chi connectivity index (χ1v) is 8.08. The number of rotatable bonds is 7. The number of aliphatic hydroxyl groups excluding tert-OH is 1. The Kier molecular flexibility index (Phi) is 5.37. The van der Waals surface area contributed by atoms with Crippen LogP contribution in [0.15, 0.2) is 43.0 Å². The Balaban J connectivity index is 2.09. The zero-order chi connectivity index (χ0) is 15.3. The molecule has 0 spiro atoms. The second-order valence-electron chi connectivity index (χ2n) is 5.39. The van der Waals surface area contributed by atoms with Crippen molar-refractivity contribution >= 4 is 23.1 Å². The summed E-state index contributed by atoms with van der Waals surface area (Å²) in [6.45, 7) is 6.47. The number of Topliss-reactive ketones (excluding diaryl/α,β-unsaturated/α-hetero) is 1. The van der Waals surface area contributed by atoms with E-state index in [0.717, 1.165) is 12.0 Å². The molecule has 2 rings (SSSR count). The number of ketones is 1. The van der Waals surface area contributed by atoms with Crippen LogP contribution in [0.5, 0.6) is 0 Å². The number of nitrogens with zero attached hydrogens (tertiary/aromatic N) is 1. The highest BCUT2D eigenvalue weighted by Crippen LogP contribution is 2.40. The largest absolute Gasteiger partial charge is 0.396 e. The third-order valence-corrected chi connectivity index (χ3v) is 5.69. The molecule has 0 amide bonds. The minimum atomic E-state index is -0.0759. The number of benzene rings is 1. The van der Waals surface area contributed by atoms with Crippen molar-refractivity contribution in [3.63, 3.8) is 0 Å². The molecule has 1 heterocycles. The Morgan fingerprint density at radius 2 is 2.19 bits per heavy atom. The molecular weight excluding hydrogens is 282 g/mol. The van der Waals surface area contributed by atoms with Gasteiger partial charge >= 0.3 is 0 Å². The molecule has 21 heavy (non-hydrogen) atoms. The Morgan fingerprint density at radius 3 is 2.81 bits per heavy atom. The number of carbonyl (C=O) groups excluding carboxylic acids is 1. The van der Waals surface area contributed by atoms with E-state index in [1.54, 1.807) is 11.8 Å². The van der Waals surface area contributed by atoms with Crippen LogP contribution in [0, 0.1) is 0 Å². The van der Waals surface area contributed by atoms with E-state index in [2.05, 4.69) is 18.1 Å². The minimum Gasteiger partial charge on any atom is -0.396 e. The number of thioether (sulfide) groups is 1. The van der Waals surface area contributed by atoms with Crippen LogP contribution >= 0.6 is 11.8 Å². The third-order valence-electron chi connectivity index (χ3n) is 4.13. The first-order chi connectivity index (χ1) is 10.1. The summed E-state index contributed by atoms with van der Waals surface area (Å²) in [5.74, 6) is 0.123. The monoisotopic (exact) mass is 304 g/mol. The van der Waals surface area contributed by atoms with Crippen LogP contribution in [0.4, 0.5) is 0 Å². The lowest BCUT2D eigenvalue weighted by Crippen LogP contribution is -2.41. The van der Waals surface area contributed by atoms with Gasteiger partial charge in [0.15, 0.2) is 11.6 Å². The van der Waals surface area contributed by atoms with Crippen LogP contribution in [0.3, 0.4) is 0 Å². The molecule has 0 aliphatic carbocycles. The summed E-state index contributed by atoms with van der Waals surface area (Å²) in [5.41, 5.74) is 2.77. The second kappa shape index (κ2) is 7.05. The van der Waals surface area contributed by atoms with Gasteiger partial charge in [0, 0.05) is 12.2 Å². The van der Waals surface area contributed by atoms with E-state index >= 15 is 0 Å². The van der Waals surface area contributed by atoms with Gasteiger partial charge < -0.3 is 5.11 Å². The second-order valence-corrected chi connectivity index (χ2v) is 6.65. The fourth-order valence-corrected chi connectivity index (χ4v) is 4.10. The highest BCUT2D eigenvalue weighted by atomic mass is 32.2. The van der Waals surface area contributed by atoms with E-state index in [1.807, 2.05) is 42.0 Å². The van der Waals surface area contributed by atoms with Gasteiger partial charge in [-0.3, -0.25) is 4.79 Å². The number of hydrogen-bond acceptors (Lipinski definition) is 3. The van der Waals surface area contributed by atoms with E-state index in [0.29, 0.717) is 13.0 Å². The maximum atomic E-state index is 12.3. The predicted molar refractivity (Wildman–Crippen MR) is 88.3 cm³/mol. The van der Waals surface area contributed by atoms with E-state index in [1.165, 1.54) is 0 Å². The summed E-state index contributed by atoms with van der Waals surface area (Å²) in [6.07, 6.45) is 3.43. The van der Waals surface area contributed by atoms with Gasteiger partial charge in [-0.05, 0) is 19.8 Å². The number of aliphatic hydroxyl groups is 1. The molecule has 1 N–H and O–H groups in total. The fraction of sp³-hybridized carbons (Fsp3) is 0.412. The van der Waals surface area contributed by atoms with Gasteiger partial charge in [-0.25, -0.2) is 4.58 Å². The average molecular weight is 304 g/mol. The third kappa shape index (κ3) is 3.44. The predicted octanol–water partition coefficient (Wildman–Crippen LogP) is 2.74. The fourth-order valence-electron chi connectivity index (χ4n) is 2.74. The van der Waals surface area contributed by atoms with Crippen molar-refractivity contribution in [2.24, 2.45) is 0 Å². The van der Waals surface area contributed by atoms with Gasteiger partial charge in [-0.2, -0.15) is 0 Å². The molecule has 1 aromatic carbocycles. The summed E-state index contributed by atoms with van der Waals surface area (Å²) in [4.78, 5) is 12.3. The van der Waals surface area contributed by atoms with Crippen LogP contribution in [-0.4, -0.2) is 45.0 Å². The van der Waals surface area contributed by atoms with Gasteiger partial charge in [-0.15, -0.1) is 6.58 Å². The maximum Gasteiger partial charge on any atom is 0.227 e. The van der Waals surface area contributed by atoms with Crippen molar-refractivity contribution < 1.29 is 14.5 Å². The molecule has 0 saturated heterocycles. The molecule has 0 fully saturated rings. The van der Waals surface area contributed by atoms with Crippen molar-refractivity contribution in [1.29, 1.82) is 0 Å². The van der Waals surface area contributed by atoms with E-state index < -0.39 is 0 Å². The average Bonchev–Trinajstić information content (AvgIpc) is 2.79. The molecule has 0 saturated carbocycles. The zero-order valence-electron chi connectivity index (χ0n) is 12.4. The molecule has 1 aromatic rings. The van der Waals surface area contributed by atoms with Crippen molar-refractivity contribution in [3.8, 4) is 0 Å². The molecule has 2 atom stereocenters. The van der Waals surface area contributed by atoms with Gasteiger partial charge in [0.25, 0.3) is 0 Å². The van der Waals surface area contributed by atoms with Crippen molar-refractivity contribution in [2.75, 3.05) is 13.2 Å². The van der Waals surface area contributed by atoms with E-state index in [-0.39, 0.29) is 23.2 Å². The molecule has 0 aromatic heterocycles. The highest BCUT2D eigenvalue weighted by Gasteiger charge is 2.47. The number of allylic oxidation sites excluding steroid dienone is 1. The molecular formula is C17H22NO2S+. The molecule has 2 unspecified atom stereocenters. The maximum absolute atomic E-state index is 12.3. The lowest BCUT2D eigenvalue weighted by Gasteiger charge is -2.27. The summed E-state index contributed by atoms with van der Waals surface area (Å²) >= 11 is 1.71. The lowest BCUT2D eigenvalue weighted by molar-refractivity contribution is -0.545. The molecule has 1 aliphatic rings. The standard InChI is InChI=1S/C17H22NO2S/c1-3-9-17(10-11-19)14(2)18(13-21-17)12-16(20)15-7-5-4-6-8-15/h3-8,13-14,19H,1,9-12H2,2H3/q+1. The van der Waals surface area contributed by atoms with Gasteiger partial charge in [0.2, 0.25) is 12.3 Å². The first-order valence-electron chi connectivity index (χ1n) is 7.20. The van der Waals surface area contributed by atoms with Crippen molar-refractivity contribution in [3.05, 3.63) is 48.6 Å². The SMILES string of the molecule is C=CCC1(CCO)SC=[N+](CC(=O)c2ccccc2)C1C. The zero-order valence-corrected chi connectivity index (χ0v) is 13.2. The molecule has 112 valence electrons. The summed E-state index contributed by atoms with van der Waals surface area (Å²) in [5, 5.41) is 9.34. The number of carbonyl (C=O) groups is 1. The Hall–Kier alpha value is -1.39. The molecule has 4 heteroatoms. The molecule has 0 radical (unpaired) electrons. The highest BCUT2D eigenvalue weighted by molar-refractivity contribution is 8.13. The molecule has 0 bridgehead atoms. The Labute approximate surface area is 130 Å². The molecule has 3 nitrogen and oxygen atoms in total. The van der Waals surface area contributed by atoms with Crippen LogP contribution in [0.2, 0.25) is 0 Å². The van der Waals surface area contributed by atoms with Crippen LogP contribution < -0.4 is 0 Å². The van der Waals surface area contributed by atoms with Crippen molar-refractivity contribution in [2.45, 2.75) is 30.6 Å². The van der Waals surface area contributed by atoms with Crippen molar-refractivity contribution in [1.82, 2.24) is 0 Å². The first kappa shape index (κ1) is 16.0. The van der Waals surface area contributed by atoms with E-state index in [4.69, 9.17) is 0 Å². The molecule has 1 aliphatic heterocycles. The minimum absolute atomic E-state index is 0.0759. The van der Waals surface area contributed by atoms with Gasteiger partial charge in [-0.1, -0.05) is 48.2 Å². The lowest BCUT2D eigenvalue weighted by atomic mass is 9.92. The van der Waals surface area contributed by atoms with Gasteiger partial charge in [0.1, 0.15) is 0 Å². The quantitative estimate of drug-likeness (QED) is 0.478. The number of hydrogen-bond donors (Lipinski definition) is 1. The Bertz CT molecular complexity index is 541. The summed E-state index contributed by atoms with van der Waals surface area (Å²) in [7, 11) is 0. The van der Waals surface area contributed by atoms with Crippen LogP contribution in [0.25, 0.3) is 0 Å². The van der Waals surface area contributed by atoms with Crippen LogP contribution in [-0.2, 0) is 0 Å². The van der Waals surface area contributed by atoms with Gasteiger partial charge in [0.05, 0.1) is 4.75 Å². The Morgan fingerprint density at radius 1 is 1.48 bits per heavy atom.